The Morgan fingerprint density at radius 1 is 1.44 bits per heavy atom. The number of rotatable bonds is 7. The normalized spacial score (nSPS) is 10.4. The summed E-state index contributed by atoms with van der Waals surface area (Å²) in [5.74, 6) is 0.683. The number of hydrogen-bond acceptors (Lipinski definition) is 4. The SMILES string of the molecule is Cc1ccnc(NCCCCOC(C)C)c1C#N. The Labute approximate surface area is 109 Å². The number of nitriles is 1. The molecule has 0 aliphatic heterocycles. The van der Waals surface area contributed by atoms with Crippen LogP contribution in [-0.4, -0.2) is 24.2 Å². The molecule has 0 saturated heterocycles. The third kappa shape index (κ3) is 4.72. The van der Waals surface area contributed by atoms with Crippen LogP contribution < -0.4 is 5.32 Å². The first-order valence-electron chi connectivity index (χ1n) is 6.36. The van der Waals surface area contributed by atoms with Gasteiger partial charge in [0.1, 0.15) is 11.9 Å². The van der Waals surface area contributed by atoms with Crippen molar-refractivity contribution < 1.29 is 4.74 Å². The summed E-state index contributed by atoms with van der Waals surface area (Å²) in [6, 6.07) is 4.03. The van der Waals surface area contributed by atoms with E-state index in [1.807, 2.05) is 26.8 Å². The standard InChI is InChI=1S/C14H21N3O/c1-11(2)18-9-5-4-7-16-14-13(10-15)12(3)6-8-17-14/h6,8,11H,4-5,7,9H2,1-3H3,(H,16,17). The second-order valence-electron chi connectivity index (χ2n) is 4.52. The van der Waals surface area contributed by atoms with E-state index in [2.05, 4.69) is 16.4 Å². The van der Waals surface area contributed by atoms with Crippen LogP contribution in [0.1, 0.15) is 37.8 Å². The van der Waals surface area contributed by atoms with Crippen molar-refractivity contribution in [2.24, 2.45) is 0 Å². The summed E-state index contributed by atoms with van der Waals surface area (Å²) in [4.78, 5) is 4.19. The molecule has 1 heterocycles. The molecule has 0 spiro atoms. The molecule has 0 radical (unpaired) electrons. The molecule has 18 heavy (non-hydrogen) atoms. The molecule has 4 heteroatoms. The average Bonchev–Trinajstić information content (AvgIpc) is 2.33. The van der Waals surface area contributed by atoms with Crippen LogP contribution >= 0.6 is 0 Å². The maximum absolute atomic E-state index is 9.05. The van der Waals surface area contributed by atoms with Gasteiger partial charge in [-0.25, -0.2) is 4.98 Å². The van der Waals surface area contributed by atoms with Gasteiger partial charge in [-0.3, -0.25) is 0 Å². The average molecular weight is 247 g/mol. The molecule has 0 aliphatic rings. The zero-order valence-corrected chi connectivity index (χ0v) is 11.4. The Hall–Kier alpha value is -1.60. The minimum Gasteiger partial charge on any atom is -0.379 e. The van der Waals surface area contributed by atoms with Crippen molar-refractivity contribution in [2.75, 3.05) is 18.5 Å². The molecule has 1 aromatic heterocycles. The molecule has 1 N–H and O–H groups in total. The summed E-state index contributed by atoms with van der Waals surface area (Å²) in [5, 5.41) is 12.3. The molecular formula is C14H21N3O. The number of ether oxygens (including phenoxy) is 1. The lowest BCUT2D eigenvalue weighted by atomic mass is 10.1. The second kappa shape index (κ2) is 7.67. The summed E-state index contributed by atoms with van der Waals surface area (Å²) >= 11 is 0. The molecule has 0 aliphatic carbocycles. The Morgan fingerprint density at radius 3 is 2.89 bits per heavy atom. The van der Waals surface area contributed by atoms with Crippen LogP contribution in [0, 0.1) is 18.3 Å². The Morgan fingerprint density at radius 2 is 2.22 bits per heavy atom. The van der Waals surface area contributed by atoms with Gasteiger partial charge in [0.2, 0.25) is 0 Å². The van der Waals surface area contributed by atoms with Crippen molar-refractivity contribution in [3.63, 3.8) is 0 Å². The lowest BCUT2D eigenvalue weighted by molar-refractivity contribution is 0.0765. The third-order valence-corrected chi connectivity index (χ3v) is 2.59. The third-order valence-electron chi connectivity index (χ3n) is 2.59. The number of aryl methyl sites for hydroxylation is 1. The first-order chi connectivity index (χ1) is 8.65. The summed E-state index contributed by atoms with van der Waals surface area (Å²) in [6.07, 6.45) is 4.04. The number of nitrogens with zero attached hydrogens (tertiary/aromatic N) is 2. The van der Waals surface area contributed by atoms with Crippen LogP contribution in [0.5, 0.6) is 0 Å². The van der Waals surface area contributed by atoms with E-state index >= 15 is 0 Å². The van der Waals surface area contributed by atoms with E-state index in [0.717, 1.165) is 31.6 Å². The predicted octanol–water partition coefficient (Wildman–Crippen LogP) is 2.88. The van der Waals surface area contributed by atoms with Crippen molar-refractivity contribution in [1.82, 2.24) is 4.98 Å². The molecule has 0 saturated carbocycles. The number of unbranched alkanes of at least 4 members (excludes halogenated alkanes) is 1. The number of hydrogen-bond donors (Lipinski definition) is 1. The van der Waals surface area contributed by atoms with Gasteiger partial charge in [-0.2, -0.15) is 5.26 Å². The van der Waals surface area contributed by atoms with E-state index in [0.29, 0.717) is 17.5 Å². The van der Waals surface area contributed by atoms with Crippen LogP contribution in [0.2, 0.25) is 0 Å². The van der Waals surface area contributed by atoms with Gasteiger partial charge in [-0.15, -0.1) is 0 Å². The maximum Gasteiger partial charge on any atom is 0.144 e. The van der Waals surface area contributed by atoms with E-state index in [1.165, 1.54) is 0 Å². The van der Waals surface area contributed by atoms with Gasteiger partial charge in [0.05, 0.1) is 11.7 Å². The molecule has 4 nitrogen and oxygen atoms in total. The topological polar surface area (TPSA) is 57.9 Å². The highest BCUT2D eigenvalue weighted by Crippen LogP contribution is 2.14. The molecule has 0 atom stereocenters. The van der Waals surface area contributed by atoms with E-state index in [-0.39, 0.29) is 0 Å². The fourth-order valence-electron chi connectivity index (χ4n) is 1.59. The molecule has 1 aromatic rings. The fourth-order valence-corrected chi connectivity index (χ4v) is 1.59. The van der Waals surface area contributed by atoms with Crippen molar-refractivity contribution in [3.8, 4) is 6.07 Å². The molecule has 0 unspecified atom stereocenters. The van der Waals surface area contributed by atoms with Crippen LogP contribution in [0.3, 0.4) is 0 Å². The van der Waals surface area contributed by atoms with Crippen molar-refractivity contribution >= 4 is 5.82 Å². The smallest absolute Gasteiger partial charge is 0.144 e. The number of anilines is 1. The van der Waals surface area contributed by atoms with Crippen molar-refractivity contribution in [3.05, 3.63) is 23.4 Å². The fraction of sp³-hybridized carbons (Fsp3) is 0.571. The lowest BCUT2D eigenvalue weighted by Gasteiger charge is -2.09. The zero-order valence-electron chi connectivity index (χ0n) is 11.4. The molecule has 0 fully saturated rings. The molecule has 0 aromatic carbocycles. The largest absolute Gasteiger partial charge is 0.379 e. The first kappa shape index (κ1) is 14.5. The van der Waals surface area contributed by atoms with Crippen molar-refractivity contribution in [1.29, 1.82) is 5.26 Å². The van der Waals surface area contributed by atoms with Gasteiger partial charge in [-0.1, -0.05) is 0 Å². The highest BCUT2D eigenvalue weighted by atomic mass is 16.5. The summed E-state index contributed by atoms with van der Waals surface area (Å²) in [5.41, 5.74) is 1.59. The molecule has 0 amide bonds. The summed E-state index contributed by atoms with van der Waals surface area (Å²) in [7, 11) is 0. The quantitative estimate of drug-likeness (QED) is 0.753. The number of nitrogens with one attached hydrogen (secondary N) is 1. The second-order valence-corrected chi connectivity index (χ2v) is 4.52. The summed E-state index contributed by atoms with van der Waals surface area (Å²) in [6.45, 7) is 7.59. The maximum atomic E-state index is 9.05. The van der Waals surface area contributed by atoms with E-state index in [1.54, 1.807) is 6.20 Å². The predicted molar refractivity (Wildman–Crippen MR) is 72.5 cm³/mol. The van der Waals surface area contributed by atoms with Gasteiger partial charge in [0, 0.05) is 19.3 Å². The van der Waals surface area contributed by atoms with Crippen LogP contribution in [0.25, 0.3) is 0 Å². The highest BCUT2D eigenvalue weighted by molar-refractivity contribution is 5.55. The van der Waals surface area contributed by atoms with Crippen LogP contribution in [0.15, 0.2) is 12.3 Å². The summed E-state index contributed by atoms with van der Waals surface area (Å²) < 4.78 is 5.46. The van der Waals surface area contributed by atoms with E-state index in [9.17, 15) is 0 Å². The lowest BCUT2D eigenvalue weighted by Crippen LogP contribution is -2.08. The monoisotopic (exact) mass is 247 g/mol. The molecule has 1 rings (SSSR count). The van der Waals surface area contributed by atoms with Gasteiger partial charge in [0.25, 0.3) is 0 Å². The van der Waals surface area contributed by atoms with Crippen molar-refractivity contribution in [2.45, 2.75) is 39.7 Å². The Bertz CT molecular complexity index is 410. The van der Waals surface area contributed by atoms with Gasteiger partial charge in [-0.05, 0) is 45.2 Å². The highest BCUT2D eigenvalue weighted by Gasteiger charge is 2.05. The Kier molecular flexibility index (Phi) is 6.16. The van der Waals surface area contributed by atoms with Gasteiger partial charge >= 0.3 is 0 Å². The first-order valence-corrected chi connectivity index (χ1v) is 6.36. The molecule has 0 bridgehead atoms. The zero-order chi connectivity index (χ0) is 13.4. The van der Waals surface area contributed by atoms with Gasteiger partial charge < -0.3 is 10.1 Å². The number of aromatic nitrogens is 1. The molecule has 98 valence electrons. The van der Waals surface area contributed by atoms with Crippen LogP contribution in [-0.2, 0) is 4.74 Å². The van der Waals surface area contributed by atoms with Crippen LogP contribution in [0.4, 0.5) is 5.82 Å². The minimum absolute atomic E-state index is 0.293. The minimum atomic E-state index is 0.293. The Balaban J connectivity index is 2.32. The van der Waals surface area contributed by atoms with Gasteiger partial charge in [0.15, 0.2) is 0 Å². The molecular weight excluding hydrogens is 226 g/mol. The number of pyridine rings is 1. The van der Waals surface area contributed by atoms with E-state index < -0.39 is 0 Å². The van der Waals surface area contributed by atoms with E-state index in [4.69, 9.17) is 10.00 Å².